The van der Waals surface area contributed by atoms with Crippen LogP contribution in [-0.4, -0.2) is 9.97 Å². The molecule has 0 atom stereocenters. The van der Waals surface area contributed by atoms with Gasteiger partial charge in [0.1, 0.15) is 0 Å². The summed E-state index contributed by atoms with van der Waals surface area (Å²) in [4.78, 5) is 8.94. The first kappa shape index (κ1) is 13.4. The molecule has 0 aliphatic heterocycles. The van der Waals surface area contributed by atoms with Gasteiger partial charge in [0.25, 0.3) is 0 Å². The maximum Gasteiger partial charge on any atom is 0.191 e. The maximum atomic E-state index is 4.55. The molecule has 2 nitrogen and oxygen atoms in total. The molecule has 0 aromatic carbocycles. The molecule has 1 aromatic rings. The minimum atomic E-state index is 0.0223. The molecule has 0 amide bonds. The number of rotatable bonds is 2. The van der Waals surface area contributed by atoms with Crippen LogP contribution < -0.4 is 0 Å². The lowest BCUT2D eigenvalue weighted by Crippen LogP contribution is -2.18. The molecule has 1 aromatic heterocycles. The van der Waals surface area contributed by atoms with Crippen LogP contribution in [0.3, 0.4) is 0 Å². The van der Waals surface area contributed by atoms with E-state index in [4.69, 9.17) is 0 Å². The number of nitrogens with zero attached hydrogens (tertiary/aromatic N) is 2. The Morgan fingerprint density at radius 2 is 1.88 bits per heavy atom. The van der Waals surface area contributed by atoms with E-state index in [9.17, 15) is 0 Å². The van der Waals surface area contributed by atoms with Crippen molar-refractivity contribution in [1.82, 2.24) is 9.97 Å². The van der Waals surface area contributed by atoms with E-state index < -0.39 is 0 Å². The molecular formula is C13H17IN2. The van der Waals surface area contributed by atoms with Crippen molar-refractivity contribution in [3.8, 4) is 0 Å². The third kappa shape index (κ3) is 3.14. The first-order chi connectivity index (χ1) is 7.36. The molecular weight excluding hydrogens is 311 g/mol. The average Bonchev–Trinajstić information content (AvgIpc) is 2.14. The van der Waals surface area contributed by atoms with E-state index in [-0.39, 0.29) is 5.41 Å². The second-order valence-electron chi connectivity index (χ2n) is 4.69. The van der Waals surface area contributed by atoms with Gasteiger partial charge in [0.05, 0.1) is 5.69 Å². The van der Waals surface area contributed by atoms with Gasteiger partial charge in [-0.15, -0.1) is 0 Å². The predicted molar refractivity (Wildman–Crippen MR) is 77.4 cm³/mol. The zero-order valence-electron chi connectivity index (χ0n) is 10.2. The smallest absolute Gasteiger partial charge is 0.191 e. The average molecular weight is 328 g/mol. The fourth-order valence-corrected chi connectivity index (χ4v) is 2.09. The van der Waals surface area contributed by atoms with Gasteiger partial charge < -0.3 is 0 Å². The molecule has 86 valence electrons. The minimum Gasteiger partial charge on any atom is -0.228 e. The lowest BCUT2D eigenvalue weighted by molar-refractivity contribution is 0.562. The van der Waals surface area contributed by atoms with Gasteiger partial charge in [0.15, 0.2) is 3.83 Å². The summed E-state index contributed by atoms with van der Waals surface area (Å²) < 4.78 is 0.802. The minimum absolute atomic E-state index is 0.0223. The van der Waals surface area contributed by atoms with Crippen molar-refractivity contribution in [2.45, 2.75) is 33.1 Å². The molecule has 0 saturated carbocycles. The zero-order valence-corrected chi connectivity index (χ0v) is 12.4. The highest BCUT2D eigenvalue weighted by atomic mass is 127. The summed E-state index contributed by atoms with van der Waals surface area (Å²) in [6.45, 7) is 12.2. The molecule has 0 N–H and O–H groups in total. The first-order valence-corrected chi connectivity index (χ1v) is 6.28. The number of hydrogen-bond donors (Lipinski definition) is 0. The van der Waals surface area contributed by atoms with Gasteiger partial charge in [-0.05, 0) is 6.92 Å². The van der Waals surface area contributed by atoms with Crippen LogP contribution in [0.1, 0.15) is 37.7 Å². The summed E-state index contributed by atoms with van der Waals surface area (Å²) in [5.41, 5.74) is 3.23. The molecule has 0 fully saturated rings. The first-order valence-electron chi connectivity index (χ1n) is 5.20. The van der Waals surface area contributed by atoms with Gasteiger partial charge in [-0.25, -0.2) is 9.97 Å². The molecule has 1 rings (SSSR count). The maximum absolute atomic E-state index is 4.55. The molecule has 0 saturated heterocycles. The normalized spacial score (nSPS) is 12.1. The summed E-state index contributed by atoms with van der Waals surface area (Å²) in [5.74, 6) is 0. The van der Waals surface area contributed by atoms with Crippen LogP contribution in [0.15, 0.2) is 18.7 Å². The summed E-state index contributed by atoms with van der Waals surface area (Å²) in [7, 11) is 0. The second-order valence-corrected chi connectivity index (χ2v) is 5.65. The summed E-state index contributed by atoms with van der Waals surface area (Å²) >= 11 is 2.16. The van der Waals surface area contributed by atoms with Gasteiger partial charge in [-0.2, -0.15) is 0 Å². The predicted octanol–water partition coefficient (Wildman–Crippen LogP) is 3.89. The van der Waals surface area contributed by atoms with Crippen molar-refractivity contribution < 1.29 is 0 Å². The second kappa shape index (κ2) is 5.08. The Kier molecular flexibility index (Phi) is 4.24. The van der Waals surface area contributed by atoms with Crippen LogP contribution >= 0.6 is 22.6 Å². The van der Waals surface area contributed by atoms with Crippen molar-refractivity contribution >= 4 is 28.7 Å². The lowest BCUT2D eigenvalue weighted by atomic mass is 9.88. The summed E-state index contributed by atoms with van der Waals surface area (Å²) in [5, 5.41) is 0. The number of aromatic nitrogens is 2. The van der Waals surface area contributed by atoms with Crippen LogP contribution in [0.4, 0.5) is 0 Å². The van der Waals surface area contributed by atoms with Crippen LogP contribution in [-0.2, 0) is 5.41 Å². The van der Waals surface area contributed by atoms with E-state index in [0.29, 0.717) is 0 Å². The van der Waals surface area contributed by atoms with Gasteiger partial charge in [-0.1, -0.05) is 45.6 Å². The van der Waals surface area contributed by atoms with E-state index in [1.54, 1.807) is 6.08 Å². The van der Waals surface area contributed by atoms with Crippen LogP contribution in [0.2, 0.25) is 0 Å². The molecule has 0 aliphatic rings. The standard InChI is InChI=1S/C13H17IN2/c1-6-7-8-10-9(2)15-12(14)16-11(10)13(3,4)5/h6-8H,1H2,2-5H3/b8-7-. The number of aryl methyl sites for hydroxylation is 1. The van der Waals surface area contributed by atoms with Crippen molar-refractivity contribution in [1.29, 1.82) is 0 Å². The molecule has 0 unspecified atom stereocenters. The Hall–Kier alpha value is -0.710. The zero-order chi connectivity index (χ0) is 12.3. The molecule has 0 bridgehead atoms. The Labute approximate surface area is 111 Å². The quantitative estimate of drug-likeness (QED) is 0.468. The van der Waals surface area contributed by atoms with Crippen LogP contribution in [0, 0.1) is 10.8 Å². The Balaban J connectivity index is 3.44. The number of hydrogen-bond acceptors (Lipinski definition) is 2. The topological polar surface area (TPSA) is 25.8 Å². The Morgan fingerprint density at radius 3 is 2.38 bits per heavy atom. The molecule has 0 radical (unpaired) electrons. The van der Waals surface area contributed by atoms with Crippen molar-refractivity contribution in [2.75, 3.05) is 0 Å². The van der Waals surface area contributed by atoms with Crippen LogP contribution in [0.5, 0.6) is 0 Å². The largest absolute Gasteiger partial charge is 0.228 e. The molecule has 16 heavy (non-hydrogen) atoms. The van der Waals surface area contributed by atoms with Gasteiger partial charge in [-0.3, -0.25) is 0 Å². The van der Waals surface area contributed by atoms with E-state index in [1.807, 2.05) is 19.1 Å². The van der Waals surface area contributed by atoms with E-state index in [0.717, 1.165) is 20.8 Å². The monoisotopic (exact) mass is 328 g/mol. The van der Waals surface area contributed by atoms with Crippen LogP contribution in [0.25, 0.3) is 6.08 Å². The lowest BCUT2D eigenvalue weighted by Gasteiger charge is -2.21. The van der Waals surface area contributed by atoms with Gasteiger partial charge >= 0.3 is 0 Å². The number of halogens is 1. The molecule has 0 aliphatic carbocycles. The third-order valence-electron chi connectivity index (χ3n) is 2.22. The fourth-order valence-electron chi connectivity index (χ4n) is 1.48. The summed E-state index contributed by atoms with van der Waals surface area (Å²) in [6, 6.07) is 0. The van der Waals surface area contributed by atoms with E-state index >= 15 is 0 Å². The molecule has 3 heteroatoms. The SMILES string of the molecule is C=C/C=C\c1c(C)nc(I)nc1C(C)(C)C. The van der Waals surface area contributed by atoms with Crippen molar-refractivity contribution in [3.63, 3.8) is 0 Å². The highest BCUT2D eigenvalue weighted by Gasteiger charge is 2.21. The molecule has 0 spiro atoms. The van der Waals surface area contributed by atoms with E-state index in [1.165, 1.54) is 0 Å². The highest BCUT2D eigenvalue weighted by Crippen LogP contribution is 2.26. The Bertz CT molecular complexity index is 428. The van der Waals surface area contributed by atoms with Gasteiger partial charge in [0.2, 0.25) is 0 Å². The summed E-state index contributed by atoms with van der Waals surface area (Å²) in [6.07, 6.45) is 5.72. The molecule has 1 heterocycles. The number of allylic oxidation sites excluding steroid dienone is 2. The third-order valence-corrected chi connectivity index (χ3v) is 2.70. The highest BCUT2D eigenvalue weighted by molar-refractivity contribution is 14.1. The van der Waals surface area contributed by atoms with E-state index in [2.05, 4.69) is 59.9 Å². The fraction of sp³-hybridized carbons (Fsp3) is 0.385. The van der Waals surface area contributed by atoms with Crippen molar-refractivity contribution in [3.05, 3.63) is 39.5 Å². The van der Waals surface area contributed by atoms with Crippen molar-refractivity contribution in [2.24, 2.45) is 0 Å². The van der Waals surface area contributed by atoms with Gasteiger partial charge in [0, 0.05) is 39.3 Å². The Morgan fingerprint density at radius 1 is 1.25 bits per heavy atom.